The number of ether oxygens (including phenoxy) is 1. The molecule has 1 amide bonds. The minimum Gasteiger partial charge on any atom is -0.465 e. The Morgan fingerprint density at radius 3 is 1.94 bits per heavy atom. The number of rotatable bonds is 2. The van der Waals surface area contributed by atoms with Gasteiger partial charge in [-0.3, -0.25) is 4.79 Å². The second kappa shape index (κ2) is 8.86. The van der Waals surface area contributed by atoms with E-state index < -0.39 is 17.6 Å². The fraction of sp³-hybridized carbons (Fsp3) is 0.200. The Labute approximate surface area is 184 Å². The monoisotopic (exact) mass is 438 g/mol. The van der Waals surface area contributed by atoms with Gasteiger partial charge in [0.2, 0.25) is 0 Å². The molecule has 0 bridgehead atoms. The van der Waals surface area contributed by atoms with Crippen LogP contribution in [-0.4, -0.2) is 23.4 Å². The van der Waals surface area contributed by atoms with Crippen LogP contribution in [0.4, 0.5) is 13.2 Å². The first-order chi connectivity index (χ1) is 15.4. The third-order valence-corrected chi connectivity index (χ3v) is 5.25. The molecule has 0 aromatic heterocycles. The van der Waals surface area contributed by atoms with Crippen molar-refractivity contribution < 1.29 is 22.7 Å². The van der Waals surface area contributed by atoms with E-state index in [2.05, 4.69) is 17.1 Å². The molecule has 3 aromatic carbocycles. The fourth-order valence-corrected chi connectivity index (χ4v) is 3.72. The predicted octanol–water partition coefficient (Wildman–Crippen LogP) is 5.92. The summed E-state index contributed by atoms with van der Waals surface area (Å²) in [5.41, 5.74) is 3.58. The van der Waals surface area contributed by atoms with Crippen LogP contribution in [0.25, 0.3) is 11.1 Å². The number of benzene rings is 3. The van der Waals surface area contributed by atoms with E-state index in [1.54, 1.807) is 6.92 Å². The summed E-state index contributed by atoms with van der Waals surface area (Å²) in [7, 11) is 0. The highest BCUT2D eigenvalue weighted by molar-refractivity contribution is 6.01. The largest absolute Gasteiger partial charge is 0.465 e. The molecule has 0 spiro atoms. The summed E-state index contributed by atoms with van der Waals surface area (Å²) < 4.78 is 44.2. The van der Waals surface area contributed by atoms with E-state index in [-0.39, 0.29) is 11.6 Å². The van der Waals surface area contributed by atoms with Gasteiger partial charge in [-0.15, -0.1) is 0 Å². The van der Waals surface area contributed by atoms with Crippen molar-refractivity contribution in [1.82, 2.24) is 4.90 Å². The topological polar surface area (TPSA) is 41.9 Å². The highest BCUT2D eigenvalue weighted by Crippen LogP contribution is 2.33. The van der Waals surface area contributed by atoms with Crippen LogP contribution in [0.1, 0.15) is 34.0 Å². The molecule has 4 nitrogen and oxygen atoms in total. The molecular formula is C25H21F3N2O2. The van der Waals surface area contributed by atoms with Gasteiger partial charge in [-0.05, 0) is 53.4 Å². The van der Waals surface area contributed by atoms with Gasteiger partial charge in [0.05, 0.1) is 12.2 Å². The Bertz CT molecular complexity index is 1110. The van der Waals surface area contributed by atoms with Gasteiger partial charge in [0.15, 0.2) is 0 Å². The number of fused-ring (bicyclic) bond motifs is 3. The summed E-state index contributed by atoms with van der Waals surface area (Å²) in [5.74, 6) is -0.659. The zero-order valence-corrected chi connectivity index (χ0v) is 17.4. The molecule has 1 aliphatic rings. The number of carbonyl (C=O) groups is 1. The Kier molecular flexibility index (Phi) is 5.99. The van der Waals surface area contributed by atoms with Crippen LogP contribution in [0.15, 0.2) is 77.8 Å². The summed E-state index contributed by atoms with van der Waals surface area (Å²) in [5, 5.41) is 0. The number of amidine groups is 1. The zero-order chi connectivity index (χ0) is 22.7. The average Bonchev–Trinajstić information content (AvgIpc) is 2.95. The van der Waals surface area contributed by atoms with Gasteiger partial charge in [0.1, 0.15) is 0 Å². The van der Waals surface area contributed by atoms with Crippen molar-refractivity contribution in [3.8, 4) is 11.1 Å². The average molecular weight is 438 g/mol. The molecular weight excluding hydrogens is 417 g/mol. The molecule has 32 heavy (non-hydrogen) atoms. The first-order valence-corrected chi connectivity index (χ1v) is 10.2. The molecule has 0 saturated carbocycles. The second-order valence-corrected chi connectivity index (χ2v) is 7.38. The minimum absolute atomic E-state index is 0.0609. The van der Waals surface area contributed by atoms with Crippen molar-refractivity contribution in [2.75, 3.05) is 6.61 Å². The lowest BCUT2D eigenvalue weighted by molar-refractivity contribution is -0.137. The summed E-state index contributed by atoms with van der Waals surface area (Å²) in [4.78, 5) is 18.7. The molecule has 0 N–H and O–H groups in total. The smallest absolute Gasteiger partial charge is 0.416 e. The van der Waals surface area contributed by atoms with Crippen LogP contribution in [0.2, 0.25) is 0 Å². The first kappa shape index (κ1) is 21.6. The van der Waals surface area contributed by atoms with Crippen molar-refractivity contribution in [3.05, 3.63) is 95.1 Å². The molecule has 4 rings (SSSR count). The highest BCUT2D eigenvalue weighted by atomic mass is 19.4. The van der Waals surface area contributed by atoms with Crippen molar-refractivity contribution >= 4 is 11.9 Å². The maximum Gasteiger partial charge on any atom is 0.416 e. The molecule has 1 aliphatic heterocycles. The van der Waals surface area contributed by atoms with Crippen LogP contribution in [0, 0.1) is 0 Å². The van der Waals surface area contributed by atoms with E-state index in [4.69, 9.17) is 4.74 Å². The number of carbonyl (C=O) groups excluding carboxylic acids is 1. The Morgan fingerprint density at radius 2 is 1.44 bits per heavy atom. The summed E-state index contributed by atoms with van der Waals surface area (Å²) in [6.07, 6.45) is -4.46. The zero-order valence-electron chi connectivity index (χ0n) is 17.4. The van der Waals surface area contributed by atoms with Gasteiger partial charge in [-0.1, -0.05) is 48.5 Å². The SMILES string of the molecule is CCO/C(=N\C(=O)c1ccc(C(F)(F)F)cc1)N1Cc2ccccc2-c2ccccc2C1. The fourth-order valence-electron chi connectivity index (χ4n) is 3.72. The molecule has 1 heterocycles. The lowest BCUT2D eigenvalue weighted by Crippen LogP contribution is -2.32. The van der Waals surface area contributed by atoms with E-state index in [1.165, 1.54) is 0 Å². The van der Waals surface area contributed by atoms with E-state index in [1.807, 2.05) is 41.3 Å². The number of alkyl halides is 3. The molecule has 164 valence electrons. The standard InChI is InChI=1S/C25H21F3N2O2/c1-2-32-24(29-23(31)17-11-13-20(14-12-17)25(26,27)28)30-15-18-7-3-5-9-21(18)22-10-6-4-8-19(22)16-30/h3-14H,2,15-16H2,1H3/b29-24-. The van der Waals surface area contributed by atoms with Crippen LogP contribution in [0.3, 0.4) is 0 Å². The summed E-state index contributed by atoms with van der Waals surface area (Å²) in [6.45, 7) is 3.03. The van der Waals surface area contributed by atoms with Crippen molar-refractivity contribution in [3.63, 3.8) is 0 Å². The number of hydrogen-bond donors (Lipinski definition) is 0. The van der Waals surface area contributed by atoms with Crippen LogP contribution in [-0.2, 0) is 24.0 Å². The summed E-state index contributed by atoms with van der Waals surface area (Å²) in [6, 6.07) is 20.2. The molecule has 0 fully saturated rings. The molecule has 7 heteroatoms. The van der Waals surface area contributed by atoms with Gasteiger partial charge in [0, 0.05) is 18.7 Å². The maximum atomic E-state index is 12.8. The Morgan fingerprint density at radius 1 is 0.906 bits per heavy atom. The van der Waals surface area contributed by atoms with Crippen LogP contribution < -0.4 is 0 Å². The highest BCUT2D eigenvalue weighted by Gasteiger charge is 2.30. The normalized spacial score (nSPS) is 13.8. The number of halogens is 3. The maximum absolute atomic E-state index is 12.8. The van der Waals surface area contributed by atoms with Gasteiger partial charge in [-0.25, -0.2) is 0 Å². The lowest BCUT2D eigenvalue weighted by atomic mass is 9.97. The third kappa shape index (κ3) is 4.51. The van der Waals surface area contributed by atoms with E-state index in [0.29, 0.717) is 19.7 Å². The van der Waals surface area contributed by atoms with Crippen molar-refractivity contribution in [2.24, 2.45) is 4.99 Å². The second-order valence-electron chi connectivity index (χ2n) is 7.38. The number of hydrogen-bond acceptors (Lipinski definition) is 2. The molecule has 0 saturated heterocycles. The third-order valence-electron chi connectivity index (χ3n) is 5.25. The minimum atomic E-state index is -4.46. The lowest BCUT2D eigenvalue weighted by Gasteiger charge is -2.24. The number of amides is 1. The molecule has 0 atom stereocenters. The van der Waals surface area contributed by atoms with Gasteiger partial charge >= 0.3 is 6.18 Å². The quantitative estimate of drug-likeness (QED) is 0.368. The Balaban J connectivity index is 1.68. The van der Waals surface area contributed by atoms with E-state index >= 15 is 0 Å². The summed E-state index contributed by atoms with van der Waals surface area (Å²) >= 11 is 0. The number of nitrogens with zero attached hydrogens (tertiary/aromatic N) is 2. The first-order valence-electron chi connectivity index (χ1n) is 10.2. The van der Waals surface area contributed by atoms with Gasteiger partial charge < -0.3 is 9.64 Å². The van der Waals surface area contributed by atoms with Crippen LogP contribution in [0.5, 0.6) is 0 Å². The van der Waals surface area contributed by atoms with E-state index in [9.17, 15) is 18.0 Å². The van der Waals surface area contributed by atoms with E-state index in [0.717, 1.165) is 46.5 Å². The van der Waals surface area contributed by atoms with Gasteiger partial charge in [0.25, 0.3) is 11.9 Å². The molecule has 0 radical (unpaired) electrons. The van der Waals surface area contributed by atoms with Crippen molar-refractivity contribution in [1.29, 1.82) is 0 Å². The molecule has 3 aromatic rings. The molecule has 0 aliphatic carbocycles. The van der Waals surface area contributed by atoms with Gasteiger partial charge in [-0.2, -0.15) is 18.2 Å². The van der Waals surface area contributed by atoms with Crippen molar-refractivity contribution in [2.45, 2.75) is 26.2 Å². The molecule has 0 unspecified atom stereocenters. The predicted molar refractivity (Wildman–Crippen MR) is 116 cm³/mol. The van der Waals surface area contributed by atoms with Crippen LogP contribution >= 0.6 is 0 Å². The Hall–Kier alpha value is -3.61. The number of aliphatic imine (C=N–C) groups is 1.